The van der Waals surface area contributed by atoms with Gasteiger partial charge in [-0.25, -0.2) is 4.79 Å². The van der Waals surface area contributed by atoms with Gasteiger partial charge in [0.25, 0.3) is 5.91 Å². The molecule has 2 heterocycles. The molecular formula is C17H16N6O5. The third kappa shape index (κ3) is 3.87. The number of carbonyl (C=O) groups is 2. The van der Waals surface area contributed by atoms with E-state index in [1.54, 1.807) is 31.3 Å². The van der Waals surface area contributed by atoms with Crippen LogP contribution in [0.25, 0.3) is 0 Å². The molecule has 0 aliphatic heterocycles. The lowest BCUT2D eigenvalue weighted by Gasteiger charge is -2.07. The van der Waals surface area contributed by atoms with Gasteiger partial charge in [0.2, 0.25) is 0 Å². The number of ether oxygens (including phenoxy) is 1. The average Bonchev–Trinajstić information content (AvgIpc) is 3.29. The van der Waals surface area contributed by atoms with E-state index < -0.39 is 16.8 Å². The molecule has 28 heavy (non-hydrogen) atoms. The number of benzene rings is 1. The molecule has 0 aliphatic rings. The van der Waals surface area contributed by atoms with Gasteiger partial charge in [-0.05, 0) is 17.7 Å². The van der Waals surface area contributed by atoms with Gasteiger partial charge in [0.15, 0.2) is 5.69 Å². The fourth-order valence-electron chi connectivity index (χ4n) is 2.54. The lowest BCUT2D eigenvalue weighted by molar-refractivity contribution is -0.385. The van der Waals surface area contributed by atoms with Crippen molar-refractivity contribution in [2.24, 2.45) is 7.05 Å². The number of methoxy groups -OCH3 is 1. The number of nitrogens with one attached hydrogen (secondary N) is 1. The van der Waals surface area contributed by atoms with Crippen molar-refractivity contribution in [3.8, 4) is 0 Å². The van der Waals surface area contributed by atoms with Gasteiger partial charge in [-0.2, -0.15) is 10.2 Å². The van der Waals surface area contributed by atoms with E-state index in [1.165, 1.54) is 35.1 Å². The highest BCUT2D eigenvalue weighted by atomic mass is 16.6. The zero-order valence-corrected chi connectivity index (χ0v) is 15.0. The van der Waals surface area contributed by atoms with Crippen molar-refractivity contribution in [3.63, 3.8) is 0 Å². The minimum Gasteiger partial charge on any atom is -0.464 e. The normalized spacial score (nSPS) is 10.5. The maximum atomic E-state index is 12.4. The Balaban J connectivity index is 1.70. The van der Waals surface area contributed by atoms with Crippen LogP contribution in [0, 0.1) is 10.1 Å². The van der Waals surface area contributed by atoms with Crippen molar-refractivity contribution < 1.29 is 19.2 Å². The number of esters is 1. The molecular weight excluding hydrogens is 368 g/mol. The Morgan fingerprint density at radius 3 is 2.54 bits per heavy atom. The molecule has 11 nitrogen and oxygen atoms in total. The van der Waals surface area contributed by atoms with Gasteiger partial charge >= 0.3 is 11.7 Å². The molecule has 11 heteroatoms. The minimum absolute atomic E-state index is 0.0890. The van der Waals surface area contributed by atoms with Crippen LogP contribution in [0.15, 0.2) is 42.9 Å². The van der Waals surface area contributed by atoms with Crippen molar-refractivity contribution in [1.29, 1.82) is 0 Å². The smallest absolute Gasteiger partial charge is 0.358 e. The van der Waals surface area contributed by atoms with Gasteiger partial charge in [-0.3, -0.25) is 24.3 Å². The number of hydrogen-bond donors (Lipinski definition) is 1. The maximum absolute atomic E-state index is 12.4. The number of nitro groups is 1. The van der Waals surface area contributed by atoms with Crippen molar-refractivity contribution in [3.05, 3.63) is 69.8 Å². The Bertz CT molecular complexity index is 1040. The van der Waals surface area contributed by atoms with Crippen LogP contribution in [-0.2, 0) is 18.3 Å². The predicted octanol–water partition coefficient (Wildman–Crippen LogP) is 1.61. The molecule has 0 radical (unpaired) electrons. The molecule has 0 bridgehead atoms. The number of carbonyl (C=O) groups excluding carboxylic acids is 2. The van der Waals surface area contributed by atoms with Crippen LogP contribution in [0.3, 0.4) is 0 Å². The Morgan fingerprint density at radius 2 is 1.93 bits per heavy atom. The summed E-state index contributed by atoms with van der Waals surface area (Å²) >= 11 is 0. The van der Waals surface area contributed by atoms with E-state index in [4.69, 9.17) is 4.74 Å². The Kier molecular flexibility index (Phi) is 5.16. The molecule has 3 rings (SSSR count). The third-order valence-corrected chi connectivity index (χ3v) is 3.96. The Morgan fingerprint density at radius 1 is 1.21 bits per heavy atom. The summed E-state index contributed by atoms with van der Waals surface area (Å²) in [4.78, 5) is 34.4. The fourth-order valence-corrected chi connectivity index (χ4v) is 2.54. The zero-order chi connectivity index (χ0) is 20.3. The van der Waals surface area contributed by atoms with E-state index in [1.807, 2.05) is 0 Å². The summed E-state index contributed by atoms with van der Waals surface area (Å²) < 4.78 is 7.44. The van der Waals surface area contributed by atoms with Crippen molar-refractivity contribution in [2.45, 2.75) is 6.54 Å². The molecule has 1 amide bonds. The van der Waals surface area contributed by atoms with Gasteiger partial charge in [-0.15, -0.1) is 0 Å². The van der Waals surface area contributed by atoms with E-state index >= 15 is 0 Å². The number of anilines is 1. The highest BCUT2D eigenvalue weighted by molar-refractivity contribution is 6.07. The van der Waals surface area contributed by atoms with Crippen molar-refractivity contribution in [1.82, 2.24) is 19.6 Å². The molecule has 0 saturated carbocycles. The highest BCUT2D eigenvalue weighted by Crippen LogP contribution is 2.17. The molecule has 0 spiro atoms. The topological polar surface area (TPSA) is 134 Å². The number of aryl methyl sites for hydroxylation is 1. The predicted molar refractivity (Wildman–Crippen MR) is 96.9 cm³/mol. The summed E-state index contributed by atoms with van der Waals surface area (Å²) in [7, 11) is 2.81. The Hall–Kier alpha value is -4.02. The number of hydrogen-bond acceptors (Lipinski definition) is 7. The molecule has 144 valence electrons. The SMILES string of the molecule is COC(=O)c1c(NC(=O)c2ccc(Cn3cc([N+](=O)[O-])cn3)cc2)cnn1C. The van der Waals surface area contributed by atoms with Crippen molar-refractivity contribution >= 4 is 23.3 Å². The van der Waals surface area contributed by atoms with Crippen LogP contribution in [0.4, 0.5) is 11.4 Å². The van der Waals surface area contributed by atoms with E-state index in [-0.39, 0.29) is 17.1 Å². The maximum Gasteiger partial charge on any atom is 0.358 e. The molecule has 1 N–H and O–H groups in total. The summed E-state index contributed by atoms with van der Waals surface area (Å²) in [6, 6.07) is 6.65. The first-order valence-electron chi connectivity index (χ1n) is 8.06. The van der Waals surface area contributed by atoms with Gasteiger partial charge in [0, 0.05) is 12.6 Å². The molecule has 3 aromatic rings. The van der Waals surface area contributed by atoms with E-state index in [2.05, 4.69) is 15.5 Å². The monoisotopic (exact) mass is 384 g/mol. The summed E-state index contributed by atoms with van der Waals surface area (Å²) in [5.74, 6) is -1.03. The second-order valence-corrected chi connectivity index (χ2v) is 5.83. The highest BCUT2D eigenvalue weighted by Gasteiger charge is 2.19. The van der Waals surface area contributed by atoms with E-state index in [0.717, 1.165) is 5.56 Å². The fraction of sp³-hybridized carbons (Fsp3) is 0.176. The molecule has 2 aromatic heterocycles. The molecule has 0 fully saturated rings. The number of amides is 1. The zero-order valence-electron chi connectivity index (χ0n) is 15.0. The van der Waals surface area contributed by atoms with Gasteiger partial charge in [0.05, 0.1) is 30.5 Å². The van der Waals surface area contributed by atoms with Crippen LogP contribution in [0.1, 0.15) is 26.4 Å². The molecule has 0 unspecified atom stereocenters. The van der Waals surface area contributed by atoms with Crippen LogP contribution in [0.2, 0.25) is 0 Å². The average molecular weight is 384 g/mol. The first-order valence-corrected chi connectivity index (χ1v) is 8.06. The lowest BCUT2D eigenvalue weighted by atomic mass is 10.1. The second-order valence-electron chi connectivity index (χ2n) is 5.83. The van der Waals surface area contributed by atoms with E-state index in [9.17, 15) is 19.7 Å². The lowest BCUT2D eigenvalue weighted by Crippen LogP contribution is -2.16. The van der Waals surface area contributed by atoms with Gasteiger partial charge < -0.3 is 10.1 Å². The molecule has 0 atom stereocenters. The first kappa shape index (κ1) is 18.8. The summed E-state index contributed by atoms with van der Waals surface area (Å²) in [5, 5.41) is 21.2. The summed E-state index contributed by atoms with van der Waals surface area (Å²) in [6.07, 6.45) is 3.87. The Labute approximate surface area is 158 Å². The standard InChI is InChI=1S/C17H16N6O5/c1-21-15(17(25)28-2)14(8-18-21)20-16(24)12-5-3-11(4-6-12)9-22-10-13(7-19-22)23(26)27/h3-8,10H,9H2,1-2H3,(H,20,24). The van der Waals surface area contributed by atoms with Gasteiger partial charge in [0.1, 0.15) is 12.4 Å². The minimum atomic E-state index is -0.612. The van der Waals surface area contributed by atoms with Gasteiger partial charge in [-0.1, -0.05) is 12.1 Å². The summed E-state index contributed by atoms with van der Waals surface area (Å²) in [5.41, 5.74) is 1.47. The third-order valence-electron chi connectivity index (χ3n) is 3.96. The van der Waals surface area contributed by atoms with E-state index in [0.29, 0.717) is 12.1 Å². The van der Waals surface area contributed by atoms with Crippen molar-refractivity contribution in [2.75, 3.05) is 12.4 Å². The number of nitrogens with zero attached hydrogens (tertiary/aromatic N) is 5. The number of rotatable bonds is 6. The molecule has 0 aliphatic carbocycles. The molecule has 0 saturated heterocycles. The van der Waals surface area contributed by atoms with Crippen LogP contribution < -0.4 is 5.32 Å². The van der Waals surface area contributed by atoms with Crippen LogP contribution >= 0.6 is 0 Å². The van der Waals surface area contributed by atoms with Crippen LogP contribution in [-0.4, -0.2) is 43.5 Å². The molecule has 1 aromatic carbocycles. The summed E-state index contributed by atoms with van der Waals surface area (Å²) in [6.45, 7) is 0.324. The second kappa shape index (κ2) is 7.70. The first-order chi connectivity index (χ1) is 13.4. The largest absolute Gasteiger partial charge is 0.464 e. The number of aromatic nitrogens is 4. The quantitative estimate of drug-likeness (QED) is 0.387. The van der Waals surface area contributed by atoms with Crippen LogP contribution in [0.5, 0.6) is 0 Å².